The quantitative estimate of drug-likeness (QED) is 0.674. The predicted molar refractivity (Wildman–Crippen MR) is 58.6 cm³/mol. The van der Waals surface area contributed by atoms with Gasteiger partial charge >= 0.3 is 0 Å². The molecule has 0 spiro atoms. The Labute approximate surface area is 94.3 Å². The third-order valence-corrected chi connectivity index (χ3v) is 4.54. The van der Waals surface area contributed by atoms with E-state index >= 15 is 0 Å². The lowest BCUT2D eigenvalue weighted by Crippen LogP contribution is -2.14. The Balaban J connectivity index is 3.38. The van der Waals surface area contributed by atoms with E-state index in [2.05, 4.69) is 15.9 Å². The van der Waals surface area contributed by atoms with Crippen LogP contribution in [0.3, 0.4) is 0 Å². The van der Waals surface area contributed by atoms with Gasteiger partial charge in [-0.1, -0.05) is 15.9 Å². The fourth-order valence-electron chi connectivity index (χ4n) is 0.970. The first-order chi connectivity index (χ1) is 6.36. The highest BCUT2D eigenvalue weighted by Gasteiger charge is 2.21. The molecule has 0 bridgehead atoms. The maximum atomic E-state index is 11.3. The van der Waals surface area contributed by atoms with Gasteiger partial charge in [0.1, 0.15) is 4.21 Å². The first kappa shape index (κ1) is 11.8. The number of hydrogen-bond acceptors (Lipinski definition) is 4. The van der Waals surface area contributed by atoms with Crippen molar-refractivity contribution in [2.24, 2.45) is 5.14 Å². The fraction of sp³-hybridized carbons (Fsp3) is 0.286. The number of halogens is 1. The van der Waals surface area contributed by atoms with Gasteiger partial charge in [-0.2, -0.15) is 0 Å². The Hall–Kier alpha value is -0.240. The molecule has 14 heavy (non-hydrogen) atoms. The van der Waals surface area contributed by atoms with Gasteiger partial charge in [-0.3, -0.25) is 4.79 Å². The van der Waals surface area contributed by atoms with Crippen molar-refractivity contribution in [3.8, 4) is 0 Å². The molecule has 4 nitrogen and oxygen atoms in total. The average molecular weight is 298 g/mol. The van der Waals surface area contributed by atoms with Gasteiger partial charge in [-0.25, -0.2) is 13.6 Å². The summed E-state index contributed by atoms with van der Waals surface area (Å²) in [6, 6.07) is 1.54. The number of ketones is 1. The zero-order valence-corrected chi connectivity index (χ0v) is 10.5. The molecule has 0 aliphatic heterocycles. The number of aryl methyl sites for hydroxylation is 1. The molecule has 7 heteroatoms. The van der Waals surface area contributed by atoms with Gasteiger partial charge in [0.2, 0.25) is 10.0 Å². The van der Waals surface area contributed by atoms with E-state index in [9.17, 15) is 13.2 Å². The summed E-state index contributed by atoms with van der Waals surface area (Å²) in [5.41, 5.74) is 0.173. The number of alkyl halides is 1. The number of Topliss-reactive ketones (excluding diaryl/α,β-unsaturated/α-hetero) is 1. The second-order valence-electron chi connectivity index (χ2n) is 2.66. The third-order valence-electron chi connectivity index (χ3n) is 1.50. The third kappa shape index (κ3) is 2.41. The lowest BCUT2D eigenvalue weighted by Gasteiger charge is -1.96. The molecule has 0 atom stereocenters. The van der Waals surface area contributed by atoms with Crippen molar-refractivity contribution >= 4 is 43.1 Å². The summed E-state index contributed by atoms with van der Waals surface area (Å²) < 4.78 is 22.2. The molecule has 0 aromatic carbocycles. The molecular formula is C7H8BrNO3S2. The van der Waals surface area contributed by atoms with Gasteiger partial charge < -0.3 is 0 Å². The summed E-state index contributed by atoms with van der Waals surface area (Å²) in [6.07, 6.45) is 0. The van der Waals surface area contributed by atoms with Crippen LogP contribution in [0.2, 0.25) is 0 Å². The number of sulfonamides is 1. The van der Waals surface area contributed by atoms with Crippen molar-refractivity contribution < 1.29 is 13.2 Å². The van der Waals surface area contributed by atoms with Crippen LogP contribution in [0.1, 0.15) is 15.2 Å². The summed E-state index contributed by atoms with van der Waals surface area (Å²) in [4.78, 5) is 12.1. The Kier molecular flexibility index (Phi) is 3.46. The normalized spacial score (nSPS) is 11.6. The minimum Gasteiger partial charge on any atom is -0.293 e. The molecule has 1 aromatic heterocycles. The molecule has 0 radical (unpaired) electrons. The summed E-state index contributed by atoms with van der Waals surface area (Å²) in [5, 5.41) is 5.07. The van der Waals surface area contributed by atoms with E-state index in [1.165, 1.54) is 6.07 Å². The number of carbonyl (C=O) groups is 1. The molecule has 1 aromatic rings. The highest BCUT2D eigenvalue weighted by Crippen LogP contribution is 2.26. The number of primary sulfonamides is 1. The Morgan fingerprint density at radius 2 is 2.21 bits per heavy atom. The molecule has 0 amide bonds. The standard InChI is InChI=1S/C7H8BrNO3S2/c1-4-2-5(6(10)3-8)7(13-4)14(9,11)12/h2H,3H2,1H3,(H2,9,11,12). The van der Waals surface area contributed by atoms with Crippen molar-refractivity contribution in [3.05, 3.63) is 16.5 Å². The topological polar surface area (TPSA) is 77.2 Å². The van der Waals surface area contributed by atoms with E-state index in [1.807, 2.05) is 0 Å². The summed E-state index contributed by atoms with van der Waals surface area (Å²) >= 11 is 3.99. The molecule has 0 saturated carbocycles. The monoisotopic (exact) mass is 297 g/mol. The lowest BCUT2D eigenvalue weighted by molar-refractivity contribution is 0.102. The van der Waals surface area contributed by atoms with Gasteiger partial charge in [0.15, 0.2) is 5.78 Å². The van der Waals surface area contributed by atoms with E-state index in [4.69, 9.17) is 5.14 Å². The zero-order valence-electron chi connectivity index (χ0n) is 7.28. The largest absolute Gasteiger partial charge is 0.293 e. The van der Waals surface area contributed by atoms with Crippen molar-refractivity contribution in [2.45, 2.75) is 11.1 Å². The van der Waals surface area contributed by atoms with Crippen LogP contribution in [0.25, 0.3) is 0 Å². The molecule has 1 heterocycles. The minimum absolute atomic E-state index is 0.0561. The minimum atomic E-state index is -3.79. The molecule has 0 unspecified atom stereocenters. The zero-order chi connectivity index (χ0) is 10.9. The van der Waals surface area contributed by atoms with Gasteiger partial charge in [0, 0.05) is 10.4 Å². The average Bonchev–Trinajstić information content (AvgIpc) is 2.45. The van der Waals surface area contributed by atoms with Crippen LogP contribution in [0.4, 0.5) is 0 Å². The maximum Gasteiger partial charge on any atom is 0.248 e. The second kappa shape index (κ2) is 4.09. The highest BCUT2D eigenvalue weighted by atomic mass is 79.9. The van der Waals surface area contributed by atoms with Crippen LogP contribution in [-0.2, 0) is 10.0 Å². The highest BCUT2D eigenvalue weighted by molar-refractivity contribution is 9.09. The molecule has 78 valence electrons. The fourth-order valence-corrected chi connectivity index (χ4v) is 3.36. The van der Waals surface area contributed by atoms with Gasteiger partial charge in [0.25, 0.3) is 0 Å². The first-order valence-electron chi connectivity index (χ1n) is 3.58. The lowest BCUT2D eigenvalue weighted by atomic mass is 10.2. The SMILES string of the molecule is Cc1cc(C(=O)CBr)c(S(N)(=O)=O)s1. The smallest absolute Gasteiger partial charge is 0.248 e. The van der Waals surface area contributed by atoms with Crippen LogP contribution in [0.15, 0.2) is 10.3 Å². The number of thiophene rings is 1. The Morgan fingerprint density at radius 1 is 1.64 bits per heavy atom. The number of hydrogen-bond donors (Lipinski definition) is 1. The molecule has 0 aliphatic carbocycles. The van der Waals surface area contributed by atoms with Crippen LogP contribution >= 0.6 is 27.3 Å². The van der Waals surface area contributed by atoms with Crippen molar-refractivity contribution in [2.75, 3.05) is 5.33 Å². The summed E-state index contributed by atoms with van der Waals surface area (Å²) in [6.45, 7) is 1.73. The Bertz CT molecular complexity index is 463. The van der Waals surface area contributed by atoms with Crippen molar-refractivity contribution in [1.82, 2.24) is 0 Å². The van der Waals surface area contributed by atoms with Crippen molar-refractivity contribution in [1.29, 1.82) is 0 Å². The maximum absolute atomic E-state index is 11.3. The van der Waals surface area contributed by atoms with E-state index in [0.717, 1.165) is 16.2 Å². The van der Waals surface area contributed by atoms with Crippen LogP contribution in [0.5, 0.6) is 0 Å². The Morgan fingerprint density at radius 3 is 2.64 bits per heavy atom. The predicted octanol–water partition coefficient (Wildman–Crippen LogP) is 1.28. The number of nitrogens with two attached hydrogens (primary N) is 1. The number of rotatable bonds is 3. The van der Waals surface area contributed by atoms with E-state index < -0.39 is 10.0 Å². The molecule has 0 fully saturated rings. The van der Waals surface area contributed by atoms with E-state index in [0.29, 0.717) is 0 Å². The summed E-state index contributed by atoms with van der Waals surface area (Å²) in [5.74, 6) is -0.279. The molecule has 0 saturated heterocycles. The van der Waals surface area contributed by atoms with Crippen LogP contribution < -0.4 is 5.14 Å². The number of carbonyl (C=O) groups excluding carboxylic acids is 1. The first-order valence-corrected chi connectivity index (χ1v) is 7.07. The second-order valence-corrected chi connectivity index (χ2v) is 6.23. The molecule has 2 N–H and O–H groups in total. The van der Waals surface area contributed by atoms with Gasteiger partial charge in [-0.05, 0) is 13.0 Å². The molecule has 1 rings (SSSR count). The van der Waals surface area contributed by atoms with Gasteiger partial charge in [0.05, 0.1) is 5.33 Å². The summed E-state index contributed by atoms with van der Waals surface area (Å²) in [7, 11) is -3.79. The molecule has 0 aliphatic rings. The van der Waals surface area contributed by atoms with Crippen LogP contribution in [0, 0.1) is 6.92 Å². The van der Waals surface area contributed by atoms with E-state index in [-0.39, 0.29) is 20.9 Å². The van der Waals surface area contributed by atoms with Crippen LogP contribution in [-0.4, -0.2) is 19.5 Å². The van der Waals surface area contributed by atoms with Crippen molar-refractivity contribution in [3.63, 3.8) is 0 Å². The van der Waals surface area contributed by atoms with E-state index in [1.54, 1.807) is 6.92 Å². The molecular weight excluding hydrogens is 290 g/mol. The van der Waals surface area contributed by atoms with Gasteiger partial charge in [-0.15, -0.1) is 11.3 Å².